The maximum Gasteiger partial charge on any atom is 0.416 e. The van der Waals surface area contributed by atoms with Gasteiger partial charge in [-0.25, -0.2) is 0 Å². The van der Waals surface area contributed by atoms with Crippen molar-refractivity contribution in [1.29, 1.82) is 0 Å². The van der Waals surface area contributed by atoms with Crippen LogP contribution in [0.25, 0.3) is 11.1 Å². The van der Waals surface area contributed by atoms with Gasteiger partial charge in [0.2, 0.25) is 0 Å². The van der Waals surface area contributed by atoms with Crippen LogP contribution in [0.5, 0.6) is 5.75 Å². The molecule has 0 unspecified atom stereocenters. The normalized spacial score (nSPS) is 11.1. The standard InChI is InChI=1S/C20H15F3N2O3/c1-28-19-10-7-14(13-5-3-2-4-6-13)11-17(19)24-16-9-8-15(20(21,22)23)12-18(16)25(26)27/h2-12,24H,1H3. The molecule has 0 saturated carbocycles. The number of hydrogen-bond donors (Lipinski definition) is 1. The lowest BCUT2D eigenvalue weighted by molar-refractivity contribution is -0.384. The SMILES string of the molecule is COc1ccc(-c2ccccc2)cc1Nc1ccc(C(F)(F)F)cc1[N+](=O)[O-]. The molecule has 0 radical (unpaired) electrons. The van der Waals surface area contributed by atoms with Crippen molar-refractivity contribution in [3.8, 4) is 16.9 Å². The van der Waals surface area contributed by atoms with Crippen LogP contribution in [-0.2, 0) is 6.18 Å². The first-order valence-electron chi connectivity index (χ1n) is 8.15. The first kappa shape index (κ1) is 19.2. The third kappa shape index (κ3) is 4.06. The molecule has 144 valence electrons. The van der Waals surface area contributed by atoms with Gasteiger partial charge in [0.1, 0.15) is 11.4 Å². The zero-order valence-corrected chi connectivity index (χ0v) is 14.7. The monoisotopic (exact) mass is 388 g/mol. The van der Waals surface area contributed by atoms with E-state index in [4.69, 9.17) is 4.74 Å². The predicted molar refractivity (Wildman–Crippen MR) is 99.8 cm³/mol. The second-order valence-electron chi connectivity index (χ2n) is 5.89. The molecule has 3 rings (SSSR count). The molecule has 0 aliphatic heterocycles. The number of ether oxygens (including phenoxy) is 1. The van der Waals surface area contributed by atoms with Crippen LogP contribution in [0.3, 0.4) is 0 Å². The Morgan fingerprint density at radius 3 is 2.25 bits per heavy atom. The Morgan fingerprint density at radius 1 is 0.929 bits per heavy atom. The minimum atomic E-state index is -4.67. The van der Waals surface area contributed by atoms with Crippen LogP contribution in [0.1, 0.15) is 5.56 Å². The van der Waals surface area contributed by atoms with Gasteiger partial charge >= 0.3 is 6.18 Å². The highest BCUT2D eigenvalue weighted by Crippen LogP contribution is 2.38. The van der Waals surface area contributed by atoms with E-state index >= 15 is 0 Å². The highest BCUT2D eigenvalue weighted by Gasteiger charge is 2.33. The zero-order valence-electron chi connectivity index (χ0n) is 14.7. The summed E-state index contributed by atoms with van der Waals surface area (Å²) in [5.74, 6) is 0.397. The summed E-state index contributed by atoms with van der Waals surface area (Å²) in [7, 11) is 1.43. The molecule has 3 aromatic carbocycles. The Hall–Kier alpha value is -3.55. The Morgan fingerprint density at radius 2 is 1.64 bits per heavy atom. The van der Waals surface area contributed by atoms with Gasteiger partial charge in [0, 0.05) is 6.07 Å². The molecule has 0 amide bonds. The lowest BCUT2D eigenvalue weighted by Gasteiger charge is -2.14. The fraction of sp³-hybridized carbons (Fsp3) is 0.100. The van der Waals surface area contributed by atoms with Gasteiger partial charge in [-0.1, -0.05) is 36.4 Å². The van der Waals surface area contributed by atoms with Crippen molar-refractivity contribution >= 4 is 17.1 Å². The van der Waals surface area contributed by atoms with Gasteiger partial charge in [-0.2, -0.15) is 13.2 Å². The van der Waals surface area contributed by atoms with Gasteiger partial charge in [0.25, 0.3) is 5.69 Å². The fourth-order valence-electron chi connectivity index (χ4n) is 2.73. The molecule has 0 bridgehead atoms. The van der Waals surface area contributed by atoms with Gasteiger partial charge in [-0.3, -0.25) is 10.1 Å². The van der Waals surface area contributed by atoms with Crippen molar-refractivity contribution in [2.75, 3.05) is 12.4 Å². The maximum atomic E-state index is 12.9. The van der Waals surface area contributed by atoms with E-state index in [1.54, 1.807) is 12.1 Å². The van der Waals surface area contributed by atoms with E-state index in [-0.39, 0.29) is 5.69 Å². The molecule has 0 aliphatic carbocycles. The van der Waals surface area contributed by atoms with E-state index in [2.05, 4.69) is 5.32 Å². The second kappa shape index (κ2) is 7.59. The van der Waals surface area contributed by atoms with E-state index in [0.717, 1.165) is 23.3 Å². The number of halogens is 3. The van der Waals surface area contributed by atoms with Crippen LogP contribution in [0.15, 0.2) is 66.7 Å². The van der Waals surface area contributed by atoms with Gasteiger partial charge in [-0.05, 0) is 35.4 Å². The molecule has 28 heavy (non-hydrogen) atoms. The maximum absolute atomic E-state index is 12.9. The summed E-state index contributed by atoms with van der Waals surface area (Å²) in [5, 5.41) is 14.1. The molecule has 1 N–H and O–H groups in total. The summed E-state index contributed by atoms with van der Waals surface area (Å²) in [6.07, 6.45) is -4.67. The first-order valence-corrected chi connectivity index (χ1v) is 8.15. The van der Waals surface area contributed by atoms with Crippen molar-refractivity contribution in [3.63, 3.8) is 0 Å². The largest absolute Gasteiger partial charge is 0.495 e. The number of methoxy groups -OCH3 is 1. The molecule has 0 heterocycles. The van der Waals surface area contributed by atoms with Crippen LogP contribution >= 0.6 is 0 Å². The molecule has 8 heteroatoms. The molecule has 0 fully saturated rings. The third-order valence-electron chi connectivity index (χ3n) is 4.10. The summed E-state index contributed by atoms with van der Waals surface area (Å²) < 4.78 is 43.9. The van der Waals surface area contributed by atoms with Crippen LogP contribution in [-0.4, -0.2) is 12.0 Å². The van der Waals surface area contributed by atoms with E-state index in [1.165, 1.54) is 7.11 Å². The molecule has 0 saturated heterocycles. The number of benzene rings is 3. The van der Waals surface area contributed by atoms with E-state index < -0.39 is 22.4 Å². The fourth-order valence-corrected chi connectivity index (χ4v) is 2.73. The molecular weight excluding hydrogens is 373 g/mol. The van der Waals surface area contributed by atoms with Gasteiger partial charge in [0.15, 0.2) is 0 Å². The van der Waals surface area contributed by atoms with E-state index in [1.807, 2.05) is 36.4 Å². The predicted octanol–water partition coefficient (Wildman–Crippen LogP) is 6.03. The molecular formula is C20H15F3N2O3. The lowest BCUT2D eigenvalue weighted by Crippen LogP contribution is -2.07. The third-order valence-corrected chi connectivity index (χ3v) is 4.10. The Bertz CT molecular complexity index is 1010. The number of alkyl halides is 3. The highest BCUT2D eigenvalue weighted by atomic mass is 19.4. The van der Waals surface area contributed by atoms with Gasteiger partial charge in [-0.15, -0.1) is 0 Å². The quantitative estimate of drug-likeness (QED) is 0.428. The topological polar surface area (TPSA) is 64.4 Å². The summed E-state index contributed by atoms with van der Waals surface area (Å²) >= 11 is 0. The van der Waals surface area contributed by atoms with Crippen molar-refractivity contribution < 1.29 is 22.8 Å². The number of anilines is 2. The second-order valence-corrected chi connectivity index (χ2v) is 5.89. The minimum Gasteiger partial charge on any atom is -0.495 e. The average Bonchev–Trinajstić information content (AvgIpc) is 2.68. The summed E-state index contributed by atoms with van der Waals surface area (Å²) in [4.78, 5) is 10.4. The Kier molecular flexibility index (Phi) is 5.21. The smallest absolute Gasteiger partial charge is 0.416 e. The van der Waals surface area contributed by atoms with Crippen LogP contribution in [0, 0.1) is 10.1 Å². The first-order chi connectivity index (χ1) is 13.3. The van der Waals surface area contributed by atoms with Crippen molar-refractivity contribution in [3.05, 3.63) is 82.4 Å². The van der Waals surface area contributed by atoms with Gasteiger partial charge < -0.3 is 10.1 Å². The van der Waals surface area contributed by atoms with Crippen molar-refractivity contribution in [2.45, 2.75) is 6.18 Å². The number of hydrogen-bond acceptors (Lipinski definition) is 4. The van der Waals surface area contributed by atoms with Gasteiger partial charge in [0.05, 0.1) is 23.3 Å². The van der Waals surface area contributed by atoms with Crippen molar-refractivity contribution in [2.24, 2.45) is 0 Å². The average molecular weight is 388 g/mol. The zero-order chi connectivity index (χ0) is 20.3. The minimum absolute atomic E-state index is 0.0680. The molecule has 0 atom stereocenters. The summed E-state index contributed by atoms with van der Waals surface area (Å²) in [5.41, 5.74) is 0.290. The number of nitrogens with one attached hydrogen (secondary N) is 1. The highest BCUT2D eigenvalue weighted by molar-refractivity contribution is 5.78. The molecule has 0 spiro atoms. The number of nitro benzene ring substituents is 1. The van der Waals surface area contributed by atoms with E-state index in [0.29, 0.717) is 17.5 Å². The molecule has 3 aromatic rings. The van der Waals surface area contributed by atoms with Crippen LogP contribution in [0.2, 0.25) is 0 Å². The molecule has 0 aromatic heterocycles. The number of rotatable bonds is 5. The molecule has 0 aliphatic rings. The summed E-state index contributed by atoms with van der Waals surface area (Å²) in [6, 6.07) is 17.0. The Balaban J connectivity index is 2.04. The number of nitrogens with zero attached hydrogens (tertiary/aromatic N) is 1. The molecule has 5 nitrogen and oxygen atoms in total. The summed E-state index contributed by atoms with van der Waals surface area (Å²) in [6.45, 7) is 0. The number of nitro groups is 1. The van der Waals surface area contributed by atoms with Crippen LogP contribution in [0.4, 0.5) is 30.2 Å². The van der Waals surface area contributed by atoms with E-state index in [9.17, 15) is 23.3 Å². The van der Waals surface area contributed by atoms with Crippen LogP contribution < -0.4 is 10.1 Å². The van der Waals surface area contributed by atoms with Crippen molar-refractivity contribution in [1.82, 2.24) is 0 Å². The Labute approximate surface area is 158 Å². The lowest BCUT2D eigenvalue weighted by atomic mass is 10.0.